The predicted octanol–water partition coefficient (Wildman–Crippen LogP) is 2.15. The van der Waals surface area contributed by atoms with Crippen molar-refractivity contribution in [2.75, 3.05) is 29.4 Å². The quantitative estimate of drug-likeness (QED) is 0.868. The van der Waals surface area contributed by atoms with Gasteiger partial charge in [0.15, 0.2) is 0 Å². The molecule has 0 unspecified atom stereocenters. The topological polar surface area (TPSA) is 41.4 Å². The molecule has 5 heteroatoms. The van der Waals surface area contributed by atoms with Crippen molar-refractivity contribution >= 4 is 17.3 Å². The van der Waals surface area contributed by atoms with Crippen molar-refractivity contribution in [3.63, 3.8) is 0 Å². The number of amides is 1. The average Bonchev–Trinajstić information content (AvgIpc) is 3.21. The lowest BCUT2D eigenvalue weighted by molar-refractivity contribution is -0.119. The predicted molar refractivity (Wildman–Crippen MR) is 86.0 cm³/mol. The average molecular weight is 296 g/mol. The Kier molecular flexibility index (Phi) is 3.33. The first-order valence-electron chi connectivity index (χ1n) is 7.93. The lowest BCUT2D eigenvalue weighted by Gasteiger charge is -2.38. The molecular weight excluding hydrogens is 276 g/mol. The zero-order valence-electron chi connectivity index (χ0n) is 12.6. The maximum absolute atomic E-state index is 12.6. The minimum Gasteiger partial charge on any atom is -0.368 e. The molecule has 4 rings (SSSR count). The second-order valence-electron chi connectivity index (χ2n) is 6.13. The van der Waals surface area contributed by atoms with Gasteiger partial charge < -0.3 is 9.80 Å². The highest BCUT2D eigenvalue weighted by Gasteiger charge is 2.30. The highest BCUT2D eigenvalue weighted by atomic mass is 16.2. The molecule has 2 aromatic rings. The fourth-order valence-corrected chi connectivity index (χ4v) is 3.10. The fraction of sp³-hybridized carbons (Fsp3) is 0.412. The van der Waals surface area contributed by atoms with Crippen molar-refractivity contribution in [3.8, 4) is 0 Å². The number of carbonyl (C=O) groups is 1. The van der Waals surface area contributed by atoms with E-state index in [9.17, 15) is 4.79 Å². The van der Waals surface area contributed by atoms with Crippen molar-refractivity contribution in [1.82, 2.24) is 9.78 Å². The molecule has 0 saturated heterocycles. The molecule has 1 aliphatic carbocycles. The van der Waals surface area contributed by atoms with Crippen molar-refractivity contribution in [2.45, 2.75) is 19.4 Å². The largest absolute Gasteiger partial charge is 0.368 e. The second kappa shape index (κ2) is 5.48. The SMILES string of the molecule is O=C(Cn1cccn1)N1CCN(CC2CC2)c2ccccc21. The molecule has 1 aliphatic heterocycles. The van der Waals surface area contributed by atoms with Gasteiger partial charge in [0.1, 0.15) is 6.54 Å². The summed E-state index contributed by atoms with van der Waals surface area (Å²) < 4.78 is 1.68. The number of anilines is 2. The second-order valence-corrected chi connectivity index (χ2v) is 6.13. The lowest BCUT2D eigenvalue weighted by atomic mass is 10.1. The molecule has 1 aromatic carbocycles. The molecule has 22 heavy (non-hydrogen) atoms. The van der Waals surface area contributed by atoms with E-state index >= 15 is 0 Å². The summed E-state index contributed by atoms with van der Waals surface area (Å²) in [7, 11) is 0. The van der Waals surface area contributed by atoms with E-state index in [0.29, 0.717) is 6.54 Å². The van der Waals surface area contributed by atoms with Crippen LogP contribution in [0.5, 0.6) is 0 Å². The van der Waals surface area contributed by atoms with Crippen LogP contribution in [0.15, 0.2) is 42.7 Å². The number of benzene rings is 1. The number of carbonyl (C=O) groups excluding carboxylic acids is 1. The van der Waals surface area contributed by atoms with Gasteiger partial charge in [0.2, 0.25) is 5.91 Å². The molecule has 0 N–H and O–H groups in total. The molecule has 1 aromatic heterocycles. The van der Waals surface area contributed by atoms with E-state index in [4.69, 9.17) is 0 Å². The van der Waals surface area contributed by atoms with E-state index in [2.05, 4.69) is 28.2 Å². The van der Waals surface area contributed by atoms with Crippen LogP contribution in [-0.2, 0) is 11.3 Å². The Morgan fingerprint density at radius 1 is 1.14 bits per heavy atom. The number of hydrogen-bond donors (Lipinski definition) is 0. The van der Waals surface area contributed by atoms with E-state index in [1.165, 1.54) is 18.5 Å². The van der Waals surface area contributed by atoms with E-state index in [1.54, 1.807) is 10.9 Å². The van der Waals surface area contributed by atoms with Crippen LogP contribution in [0, 0.1) is 5.92 Å². The summed E-state index contributed by atoms with van der Waals surface area (Å²) in [6, 6.07) is 10.1. The van der Waals surface area contributed by atoms with Gasteiger partial charge in [0.25, 0.3) is 0 Å². The molecule has 5 nitrogen and oxygen atoms in total. The number of hydrogen-bond acceptors (Lipinski definition) is 3. The standard InChI is InChI=1S/C17H20N4O/c22-17(13-20-9-3-8-18-20)21-11-10-19(12-14-6-7-14)15-4-1-2-5-16(15)21/h1-5,8-9,14H,6-7,10-13H2. The van der Waals surface area contributed by atoms with Crippen molar-refractivity contribution < 1.29 is 4.79 Å². The molecule has 1 saturated carbocycles. The van der Waals surface area contributed by atoms with Crippen molar-refractivity contribution in [1.29, 1.82) is 0 Å². The zero-order valence-corrected chi connectivity index (χ0v) is 12.6. The van der Waals surface area contributed by atoms with Gasteiger partial charge in [-0.2, -0.15) is 5.10 Å². The summed E-state index contributed by atoms with van der Waals surface area (Å²) in [5, 5.41) is 4.13. The molecule has 0 bridgehead atoms. The third-order valence-corrected chi connectivity index (χ3v) is 4.44. The molecule has 0 atom stereocenters. The van der Waals surface area contributed by atoms with Crippen LogP contribution in [0.2, 0.25) is 0 Å². The molecular formula is C17H20N4O. The Balaban J connectivity index is 1.56. The molecule has 2 heterocycles. The first kappa shape index (κ1) is 13.4. The minimum atomic E-state index is 0.0993. The number of para-hydroxylation sites is 2. The van der Waals surface area contributed by atoms with Crippen molar-refractivity contribution in [2.24, 2.45) is 5.92 Å². The third kappa shape index (κ3) is 2.58. The summed E-state index contributed by atoms with van der Waals surface area (Å²) in [4.78, 5) is 17.0. The number of nitrogens with zero attached hydrogens (tertiary/aromatic N) is 4. The van der Waals surface area contributed by atoms with E-state index in [-0.39, 0.29) is 5.91 Å². The Hall–Kier alpha value is -2.30. The van der Waals surface area contributed by atoms with E-state index < -0.39 is 0 Å². The molecule has 2 aliphatic rings. The summed E-state index contributed by atoms with van der Waals surface area (Å²) in [6.45, 7) is 3.09. The van der Waals surface area contributed by atoms with E-state index in [0.717, 1.165) is 31.2 Å². The Morgan fingerprint density at radius 3 is 2.68 bits per heavy atom. The molecule has 1 amide bonds. The first-order valence-corrected chi connectivity index (χ1v) is 7.93. The fourth-order valence-electron chi connectivity index (χ4n) is 3.10. The normalized spacial score (nSPS) is 17.5. The minimum absolute atomic E-state index is 0.0993. The lowest BCUT2D eigenvalue weighted by Crippen LogP contribution is -2.45. The van der Waals surface area contributed by atoms with Crippen LogP contribution in [0.4, 0.5) is 11.4 Å². The van der Waals surface area contributed by atoms with E-state index in [1.807, 2.05) is 23.2 Å². The van der Waals surface area contributed by atoms with Crippen LogP contribution in [0.25, 0.3) is 0 Å². The molecule has 0 radical (unpaired) electrons. The maximum atomic E-state index is 12.6. The van der Waals surface area contributed by atoms with Gasteiger partial charge in [-0.1, -0.05) is 12.1 Å². The Bertz CT molecular complexity index is 663. The molecule has 1 fully saturated rings. The van der Waals surface area contributed by atoms with Gasteiger partial charge in [0.05, 0.1) is 11.4 Å². The first-order chi connectivity index (χ1) is 10.8. The summed E-state index contributed by atoms with van der Waals surface area (Å²) in [5.41, 5.74) is 2.22. The summed E-state index contributed by atoms with van der Waals surface area (Å²) in [5.74, 6) is 0.946. The molecule has 114 valence electrons. The van der Waals surface area contributed by atoms with Gasteiger partial charge in [-0.15, -0.1) is 0 Å². The number of aromatic nitrogens is 2. The Morgan fingerprint density at radius 2 is 1.95 bits per heavy atom. The van der Waals surface area contributed by atoms with Gasteiger partial charge in [-0.3, -0.25) is 9.48 Å². The maximum Gasteiger partial charge on any atom is 0.248 e. The van der Waals surface area contributed by atoms with Gasteiger partial charge in [0, 0.05) is 32.0 Å². The van der Waals surface area contributed by atoms with Gasteiger partial charge in [-0.25, -0.2) is 0 Å². The highest BCUT2D eigenvalue weighted by molar-refractivity contribution is 5.97. The highest BCUT2D eigenvalue weighted by Crippen LogP contribution is 2.37. The van der Waals surface area contributed by atoms with Crippen LogP contribution in [0.1, 0.15) is 12.8 Å². The van der Waals surface area contributed by atoms with Crippen molar-refractivity contribution in [3.05, 3.63) is 42.7 Å². The molecule has 0 spiro atoms. The van der Waals surface area contributed by atoms with Crippen LogP contribution < -0.4 is 9.80 Å². The van der Waals surface area contributed by atoms with Gasteiger partial charge in [-0.05, 0) is 37.0 Å². The van der Waals surface area contributed by atoms with Crippen LogP contribution in [-0.4, -0.2) is 35.3 Å². The van der Waals surface area contributed by atoms with Gasteiger partial charge >= 0.3 is 0 Å². The summed E-state index contributed by atoms with van der Waals surface area (Å²) >= 11 is 0. The summed E-state index contributed by atoms with van der Waals surface area (Å²) in [6.07, 6.45) is 6.23. The van der Waals surface area contributed by atoms with Crippen LogP contribution >= 0.6 is 0 Å². The smallest absolute Gasteiger partial charge is 0.248 e. The zero-order chi connectivity index (χ0) is 14.9. The van der Waals surface area contributed by atoms with Crippen LogP contribution in [0.3, 0.4) is 0 Å². The number of rotatable bonds is 4. The Labute approximate surface area is 130 Å². The third-order valence-electron chi connectivity index (χ3n) is 4.44. The number of fused-ring (bicyclic) bond motifs is 1. The monoisotopic (exact) mass is 296 g/mol.